The third-order valence-corrected chi connectivity index (χ3v) is 8.34. The van der Waals surface area contributed by atoms with Gasteiger partial charge in [0.15, 0.2) is 5.60 Å². The molecule has 0 aromatic heterocycles. The molecule has 0 bridgehead atoms. The van der Waals surface area contributed by atoms with Gasteiger partial charge in [-0.05, 0) is 38.8 Å². The molecule has 0 N–H and O–H groups in total. The topological polar surface area (TPSA) is 9.23 Å². The van der Waals surface area contributed by atoms with Crippen molar-refractivity contribution in [2.45, 2.75) is 51.3 Å². The van der Waals surface area contributed by atoms with Crippen molar-refractivity contribution in [2.24, 2.45) is 17.8 Å². The average molecular weight is 363 g/mol. The first-order valence-corrected chi connectivity index (χ1v) is 10.6. The Morgan fingerprint density at radius 3 is 2.33 bits per heavy atom. The molecular formula is C25H32NO+. The standard InChI is InChI=1S/C25H32NO/c1-19-16-26(17-20-10-6-4-7-11-20)18-24(2,27-21-12-8-5-9-13-21)23-15-14-22(19)25(23,26)3/h4-13,19,22-23H,14-18H2,1-3H3/q+1/t19-,22+,23-,24-,25-,26?/m1/s1. The van der Waals surface area contributed by atoms with Gasteiger partial charge in [0.1, 0.15) is 24.4 Å². The van der Waals surface area contributed by atoms with E-state index in [2.05, 4.69) is 81.4 Å². The van der Waals surface area contributed by atoms with E-state index in [0.717, 1.165) is 30.7 Å². The first-order valence-electron chi connectivity index (χ1n) is 10.6. The highest BCUT2D eigenvalue weighted by Gasteiger charge is 2.77. The number of para-hydroxylation sites is 1. The van der Waals surface area contributed by atoms with Crippen molar-refractivity contribution in [1.29, 1.82) is 0 Å². The van der Waals surface area contributed by atoms with Gasteiger partial charge < -0.3 is 9.22 Å². The average Bonchev–Trinajstić information content (AvgIpc) is 3.17. The number of ether oxygens (including phenoxy) is 1. The number of quaternary nitrogens is 1. The van der Waals surface area contributed by atoms with Gasteiger partial charge in [-0.3, -0.25) is 0 Å². The van der Waals surface area contributed by atoms with Crippen LogP contribution in [0, 0.1) is 17.8 Å². The molecule has 5 rings (SSSR count). The second-order valence-electron chi connectivity index (χ2n) is 9.80. The lowest BCUT2D eigenvalue weighted by Crippen LogP contribution is -2.57. The van der Waals surface area contributed by atoms with Crippen molar-refractivity contribution >= 4 is 0 Å². The van der Waals surface area contributed by atoms with E-state index in [0.29, 0.717) is 11.5 Å². The second kappa shape index (κ2) is 5.85. The van der Waals surface area contributed by atoms with E-state index in [9.17, 15) is 0 Å². The Labute approximate surface area is 163 Å². The van der Waals surface area contributed by atoms with E-state index in [-0.39, 0.29) is 5.60 Å². The van der Waals surface area contributed by atoms with Crippen LogP contribution in [0.25, 0.3) is 0 Å². The minimum Gasteiger partial charge on any atom is -0.481 e. The summed E-state index contributed by atoms with van der Waals surface area (Å²) in [5, 5.41) is 0. The van der Waals surface area contributed by atoms with Crippen LogP contribution >= 0.6 is 0 Å². The molecule has 1 aliphatic carbocycles. The van der Waals surface area contributed by atoms with E-state index < -0.39 is 0 Å². The molecule has 3 fully saturated rings. The molecule has 27 heavy (non-hydrogen) atoms. The van der Waals surface area contributed by atoms with Crippen molar-refractivity contribution in [1.82, 2.24) is 0 Å². The summed E-state index contributed by atoms with van der Waals surface area (Å²) in [5.74, 6) is 3.29. The van der Waals surface area contributed by atoms with E-state index in [1.165, 1.54) is 29.4 Å². The monoisotopic (exact) mass is 362 g/mol. The molecule has 3 aliphatic rings. The molecule has 0 amide bonds. The van der Waals surface area contributed by atoms with Gasteiger partial charge in [-0.1, -0.05) is 55.5 Å². The maximum atomic E-state index is 6.78. The fourth-order valence-electron chi connectivity index (χ4n) is 7.56. The van der Waals surface area contributed by atoms with Gasteiger partial charge in [0.2, 0.25) is 0 Å². The van der Waals surface area contributed by atoms with Crippen LogP contribution in [0.2, 0.25) is 0 Å². The molecule has 2 aromatic rings. The van der Waals surface area contributed by atoms with Crippen LogP contribution in [-0.4, -0.2) is 28.7 Å². The van der Waals surface area contributed by atoms with Crippen molar-refractivity contribution in [3.63, 3.8) is 0 Å². The van der Waals surface area contributed by atoms with Gasteiger partial charge in [0.05, 0.1) is 12.5 Å². The molecular weight excluding hydrogens is 330 g/mol. The Morgan fingerprint density at radius 1 is 0.963 bits per heavy atom. The third kappa shape index (κ3) is 2.35. The van der Waals surface area contributed by atoms with E-state index in [1.807, 2.05) is 0 Å². The number of nitrogens with zero attached hydrogens (tertiary/aromatic N) is 1. The molecule has 2 nitrogen and oxygen atoms in total. The molecule has 1 saturated carbocycles. The van der Waals surface area contributed by atoms with Gasteiger partial charge in [-0.15, -0.1) is 0 Å². The van der Waals surface area contributed by atoms with Crippen LogP contribution in [0.1, 0.15) is 39.2 Å². The molecule has 0 spiro atoms. The van der Waals surface area contributed by atoms with Crippen LogP contribution in [-0.2, 0) is 6.54 Å². The summed E-state index contributed by atoms with van der Waals surface area (Å²) in [5.41, 5.74) is 1.72. The zero-order valence-corrected chi connectivity index (χ0v) is 16.9. The zero-order chi connectivity index (χ0) is 18.7. The Bertz CT molecular complexity index is 821. The maximum Gasteiger partial charge on any atom is 0.163 e. The lowest BCUT2D eigenvalue weighted by molar-refractivity contribution is -0.967. The Kier molecular flexibility index (Phi) is 3.75. The van der Waals surface area contributed by atoms with Gasteiger partial charge in [0.25, 0.3) is 0 Å². The fraction of sp³-hybridized carbons (Fsp3) is 0.520. The summed E-state index contributed by atoms with van der Waals surface area (Å²) in [4.78, 5) is 0. The van der Waals surface area contributed by atoms with Crippen molar-refractivity contribution < 1.29 is 9.22 Å². The van der Waals surface area contributed by atoms with E-state index >= 15 is 0 Å². The largest absolute Gasteiger partial charge is 0.481 e. The number of benzene rings is 2. The molecule has 2 heterocycles. The van der Waals surface area contributed by atoms with Crippen molar-refractivity contribution in [3.8, 4) is 5.75 Å². The zero-order valence-electron chi connectivity index (χ0n) is 16.9. The van der Waals surface area contributed by atoms with Crippen LogP contribution in [0.5, 0.6) is 5.75 Å². The highest BCUT2D eigenvalue weighted by atomic mass is 16.5. The highest BCUT2D eigenvalue weighted by molar-refractivity contribution is 5.25. The molecule has 2 saturated heterocycles. The van der Waals surface area contributed by atoms with E-state index in [1.54, 1.807) is 0 Å². The smallest absolute Gasteiger partial charge is 0.163 e. The van der Waals surface area contributed by atoms with Crippen LogP contribution < -0.4 is 4.74 Å². The predicted octanol–water partition coefficient (Wildman–Crippen LogP) is 5.29. The van der Waals surface area contributed by atoms with Gasteiger partial charge >= 0.3 is 0 Å². The molecule has 2 aliphatic heterocycles. The summed E-state index contributed by atoms with van der Waals surface area (Å²) >= 11 is 0. The quantitative estimate of drug-likeness (QED) is 0.672. The third-order valence-electron chi connectivity index (χ3n) is 8.34. The number of rotatable bonds is 4. The fourth-order valence-corrected chi connectivity index (χ4v) is 7.56. The van der Waals surface area contributed by atoms with Crippen molar-refractivity contribution in [3.05, 3.63) is 66.2 Å². The summed E-state index contributed by atoms with van der Waals surface area (Å²) < 4.78 is 7.98. The lowest BCUT2D eigenvalue weighted by atomic mass is 9.76. The Balaban J connectivity index is 1.55. The Morgan fingerprint density at radius 2 is 1.63 bits per heavy atom. The highest BCUT2D eigenvalue weighted by Crippen LogP contribution is 2.65. The summed E-state index contributed by atoms with van der Waals surface area (Å²) in [6.45, 7) is 11.0. The molecule has 142 valence electrons. The first-order chi connectivity index (χ1) is 13.0. The minimum absolute atomic E-state index is 0.0836. The summed E-state index contributed by atoms with van der Waals surface area (Å²) in [7, 11) is 0. The second-order valence-corrected chi connectivity index (χ2v) is 9.80. The lowest BCUT2D eigenvalue weighted by Gasteiger charge is -2.43. The van der Waals surface area contributed by atoms with Gasteiger partial charge in [-0.2, -0.15) is 0 Å². The molecule has 6 atom stereocenters. The van der Waals surface area contributed by atoms with Crippen molar-refractivity contribution in [2.75, 3.05) is 13.1 Å². The Hall–Kier alpha value is -1.80. The van der Waals surface area contributed by atoms with Gasteiger partial charge in [-0.25, -0.2) is 0 Å². The molecule has 2 aromatic carbocycles. The maximum absolute atomic E-state index is 6.78. The normalized spacial score (nSPS) is 42.3. The predicted molar refractivity (Wildman–Crippen MR) is 109 cm³/mol. The minimum atomic E-state index is -0.0836. The summed E-state index contributed by atoms with van der Waals surface area (Å²) in [6, 6.07) is 21.6. The molecule has 2 heteroatoms. The summed E-state index contributed by atoms with van der Waals surface area (Å²) in [6.07, 6.45) is 2.68. The molecule has 1 unspecified atom stereocenters. The first kappa shape index (κ1) is 17.3. The van der Waals surface area contributed by atoms with Gasteiger partial charge in [0, 0.05) is 17.4 Å². The SMILES string of the molecule is C[C@@H]1C[N+]2(Cc3ccccc3)C[C@@](C)(Oc3ccccc3)[C@H]3CC[C@@H]1[C@]32C. The van der Waals surface area contributed by atoms with E-state index in [4.69, 9.17) is 4.74 Å². The number of hydrogen-bond acceptors (Lipinski definition) is 1. The van der Waals surface area contributed by atoms with Crippen LogP contribution in [0.3, 0.4) is 0 Å². The number of hydrogen-bond donors (Lipinski definition) is 0. The molecule has 0 radical (unpaired) electrons. The van der Waals surface area contributed by atoms with Crippen LogP contribution in [0.15, 0.2) is 60.7 Å². The van der Waals surface area contributed by atoms with Crippen LogP contribution in [0.4, 0.5) is 0 Å².